The Morgan fingerprint density at radius 2 is 2.11 bits per heavy atom. The molecule has 0 saturated heterocycles. The first-order valence-corrected chi connectivity index (χ1v) is 9.69. The van der Waals surface area contributed by atoms with Crippen LogP contribution in [0.4, 0.5) is 0 Å². The van der Waals surface area contributed by atoms with Crippen LogP contribution in [0.3, 0.4) is 0 Å². The van der Waals surface area contributed by atoms with Crippen LogP contribution in [0.5, 0.6) is 0 Å². The number of carbonyl (C=O) groups is 1. The van der Waals surface area contributed by atoms with Gasteiger partial charge in [0.2, 0.25) is 5.16 Å². The normalized spacial score (nSPS) is 14.9. The van der Waals surface area contributed by atoms with Gasteiger partial charge in [0, 0.05) is 24.1 Å². The maximum atomic E-state index is 11.5. The van der Waals surface area contributed by atoms with Crippen molar-refractivity contribution in [3.63, 3.8) is 0 Å². The Morgan fingerprint density at radius 1 is 1.30 bits per heavy atom. The summed E-state index contributed by atoms with van der Waals surface area (Å²) in [6, 6.07) is 7.72. The van der Waals surface area contributed by atoms with E-state index in [-0.39, 0.29) is 10.9 Å². The first kappa shape index (κ1) is 17.7. The van der Waals surface area contributed by atoms with E-state index in [2.05, 4.69) is 33.0 Å². The lowest BCUT2D eigenvalue weighted by Gasteiger charge is -2.18. The smallest absolute Gasteiger partial charge is 0.267 e. The van der Waals surface area contributed by atoms with Gasteiger partial charge in [0.15, 0.2) is 5.82 Å². The lowest BCUT2D eigenvalue weighted by molar-refractivity contribution is 0.0995. The monoisotopic (exact) mass is 380 g/mol. The van der Waals surface area contributed by atoms with Crippen LogP contribution < -0.4 is 5.73 Å². The molecule has 7 nitrogen and oxygen atoms in total. The molecule has 1 aliphatic carbocycles. The van der Waals surface area contributed by atoms with Crippen LogP contribution in [0.25, 0.3) is 11.4 Å². The molecule has 2 N–H and O–H groups in total. The van der Waals surface area contributed by atoms with Crippen molar-refractivity contribution >= 4 is 17.7 Å². The fraction of sp³-hybridized carbons (Fsp3) is 0.316. The molecule has 3 aromatic rings. The van der Waals surface area contributed by atoms with Gasteiger partial charge in [-0.05, 0) is 42.9 Å². The molecule has 2 aromatic heterocycles. The largest absolute Gasteiger partial charge is 0.364 e. The molecule has 1 amide bonds. The van der Waals surface area contributed by atoms with Crippen molar-refractivity contribution in [2.45, 2.75) is 36.1 Å². The summed E-state index contributed by atoms with van der Waals surface area (Å²) in [6.07, 6.45) is 5.59. The molecule has 2 heterocycles. The van der Waals surface area contributed by atoms with Gasteiger partial charge in [-0.3, -0.25) is 9.48 Å². The van der Waals surface area contributed by atoms with E-state index in [1.54, 1.807) is 29.0 Å². The Hall–Kier alpha value is -2.74. The zero-order valence-electron chi connectivity index (χ0n) is 15.2. The van der Waals surface area contributed by atoms with Crippen LogP contribution in [-0.4, -0.2) is 30.6 Å². The van der Waals surface area contributed by atoms with E-state index in [9.17, 15) is 4.79 Å². The molecule has 0 spiro atoms. The van der Waals surface area contributed by atoms with E-state index >= 15 is 0 Å². The number of hydrogen-bond donors (Lipinski definition) is 1. The summed E-state index contributed by atoms with van der Waals surface area (Å²) in [4.78, 5) is 24.6. The number of amides is 1. The number of benzene rings is 1. The minimum atomic E-state index is -0.548. The Labute approximate surface area is 161 Å². The Morgan fingerprint density at radius 3 is 2.78 bits per heavy atom. The highest BCUT2D eigenvalue weighted by Crippen LogP contribution is 2.49. The van der Waals surface area contributed by atoms with Crippen molar-refractivity contribution in [2.24, 2.45) is 12.8 Å². The lowest BCUT2D eigenvalue weighted by Crippen LogP contribution is -2.14. The molecular formula is C19H20N6OS. The summed E-state index contributed by atoms with van der Waals surface area (Å²) < 4.78 is 1.70. The van der Waals surface area contributed by atoms with Gasteiger partial charge in [0.1, 0.15) is 12.0 Å². The number of hydrogen-bond acceptors (Lipinski definition) is 6. The Balaban J connectivity index is 1.74. The van der Waals surface area contributed by atoms with Crippen LogP contribution >= 0.6 is 11.8 Å². The third-order valence-corrected chi connectivity index (χ3v) is 5.58. The predicted molar refractivity (Wildman–Crippen MR) is 103 cm³/mol. The standard InChI is InChI=1S/C19H20N6OS/c1-11(27-19-22-10-25(2)24-19)13-4-3-5-14(16(13)12-6-7-12)18-21-9-8-15(23-18)17(20)26/h3-5,8-12H,6-7H2,1-2H3,(H2,20,26)/t11-/m0/s1. The second-order valence-corrected chi connectivity index (χ2v) is 7.98. The van der Waals surface area contributed by atoms with Crippen molar-refractivity contribution < 1.29 is 4.79 Å². The topological polar surface area (TPSA) is 99.6 Å². The van der Waals surface area contributed by atoms with Crippen molar-refractivity contribution in [3.8, 4) is 11.4 Å². The van der Waals surface area contributed by atoms with Gasteiger partial charge in [0.05, 0.1) is 0 Å². The van der Waals surface area contributed by atoms with Gasteiger partial charge >= 0.3 is 0 Å². The van der Waals surface area contributed by atoms with Crippen molar-refractivity contribution in [1.82, 2.24) is 24.7 Å². The van der Waals surface area contributed by atoms with E-state index in [0.717, 1.165) is 23.6 Å². The molecule has 8 heteroatoms. The molecule has 0 aliphatic heterocycles. The number of nitrogens with zero attached hydrogens (tertiary/aromatic N) is 5. The molecule has 1 aliphatic rings. The number of carbonyl (C=O) groups excluding carboxylic acids is 1. The molecule has 138 valence electrons. The van der Waals surface area contributed by atoms with Gasteiger partial charge in [-0.2, -0.15) is 0 Å². The fourth-order valence-electron chi connectivity index (χ4n) is 3.18. The van der Waals surface area contributed by atoms with Crippen molar-refractivity contribution in [3.05, 3.63) is 53.6 Å². The van der Waals surface area contributed by atoms with Gasteiger partial charge in [0.25, 0.3) is 5.91 Å². The van der Waals surface area contributed by atoms with Gasteiger partial charge in [-0.25, -0.2) is 15.0 Å². The molecule has 0 unspecified atom stereocenters. The maximum absolute atomic E-state index is 11.5. The molecule has 1 atom stereocenters. The number of aromatic nitrogens is 5. The minimum absolute atomic E-state index is 0.183. The van der Waals surface area contributed by atoms with Crippen molar-refractivity contribution in [1.29, 1.82) is 0 Å². The summed E-state index contributed by atoms with van der Waals surface area (Å²) in [5.74, 6) is 0.493. The molecule has 0 bridgehead atoms. The van der Waals surface area contributed by atoms with E-state index in [0.29, 0.717) is 11.7 Å². The average Bonchev–Trinajstić information content (AvgIpc) is 3.43. The van der Waals surface area contributed by atoms with Gasteiger partial charge < -0.3 is 5.73 Å². The van der Waals surface area contributed by atoms with Crippen LogP contribution in [-0.2, 0) is 7.05 Å². The highest BCUT2D eigenvalue weighted by Gasteiger charge is 2.31. The second-order valence-electron chi connectivity index (χ2n) is 6.67. The van der Waals surface area contributed by atoms with Crippen LogP contribution in [0.2, 0.25) is 0 Å². The van der Waals surface area contributed by atoms with Crippen LogP contribution in [0.15, 0.2) is 41.9 Å². The Bertz CT molecular complexity index is 997. The zero-order valence-corrected chi connectivity index (χ0v) is 16.0. The van der Waals surface area contributed by atoms with Crippen LogP contribution in [0, 0.1) is 0 Å². The average molecular weight is 380 g/mol. The highest BCUT2D eigenvalue weighted by atomic mass is 32.2. The molecule has 1 aromatic carbocycles. The number of primary amides is 1. The zero-order chi connectivity index (χ0) is 19.0. The van der Waals surface area contributed by atoms with Crippen molar-refractivity contribution in [2.75, 3.05) is 0 Å². The predicted octanol–water partition coefficient (Wildman–Crippen LogP) is 3.10. The number of rotatable bonds is 6. The third kappa shape index (κ3) is 3.71. The molecule has 1 saturated carbocycles. The molecular weight excluding hydrogens is 360 g/mol. The molecule has 1 fully saturated rings. The SMILES string of the molecule is C[C@H](Sc1ncn(C)n1)c1cccc(-c2nccc(C(N)=O)n2)c1C1CC1. The molecule has 4 rings (SSSR count). The summed E-state index contributed by atoms with van der Waals surface area (Å²) in [6.45, 7) is 2.16. The summed E-state index contributed by atoms with van der Waals surface area (Å²) in [5, 5.41) is 5.31. The number of aryl methyl sites for hydroxylation is 1. The summed E-state index contributed by atoms with van der Waals surface area (Å²) >= 11 is 1.63. The number of thioether (sulfide) groups is 1. The maximum Gasteiger partial charge on any atom is 0.267 e. The summed E-state index contributed by atoms with van der Waals surface area (Å²) in [7, 11) is 1.86. The Kier molecular flexibility index (Phi) is 4.65. The highest BCUT2D eigenvalue weighted by molar-refractivity contribution is 7.99. The first-order chi connectivity index (χ1) is 13.0. The van der Waals surface area contributed by atoms with E-state index in [1.165, 1.54) is 17.2 Å². The number of nitrogens with two attached hydrogens (primary N) is 1. The quantitative estimate of drug-likeness (QED) is 0.660. The van der Waals surface area contributed by atoms with Gasteiger partial charge in [-0.1, -0.05) is 30.0 Å². The second kappa shape index (κ2) is 7.11. The van der Waals surface area contributed by atoms with Gasteiger partial charge in [-0.15, -0.1) is 5.10 Å². The van der Waals surface area contributed by atoms with E-state index < -0.39 is 5.91 Å². The molecule has 0 radical (unpaired) electrons. The van der Waals surface area contributed by atoms with E-state index in [4.69, 9.17) is 5.73 Å². The van der Waals surface area contributed by atoms with Crippen LogP contribution in [0.1, 0.15) is 52.5 Å². The molecule has 27 heavy (non-hydrogen) atoms. The minimum Gasteiger partial charge on any atom is -0.364 e. The fourth-order valence-corrected chi connectivity index (χ4v) is 4.11. The lowest BCUT2D eigenvalue weighted by atomic mass is 9.94. The first-order valence-electron chi connectivity index (χ1n) is 8.81. The van der Waals surface area contributed by atoms with E-state index in [1.807, 2.05) is 19.2 Å². The summed E-state index contributed by atoms with van der Waals surface area (Å²) in [5.41, 5.74) is 9.09. The third-order valence-electron chi connectivity index (χ3n) is 4.57.